The van der Waals surface area contributed by atoms with Crippen molar-refractivity contribution in [3.63, 3.8) is 0 Å². The number of halogens is 5. The summed E-state index contributed by atoms with van der Waals surface area (Å²) in [5.74, 6) is 0.00439. The second-order valence-electron chi connectivity index (χ2n) is 7.71. The molecular formula is C22H19Cl2F2IN2O2. The van der Waals surface area contributed by atoms with Gasteiger partial charge in [0, 0.05) is 51.0 Å². The highest BCUT2D eigenvalue weighted by Gasteiger charge is 2.59. The summed E-state index contributed by atoms with van der Waals surface area (Å²) in [6.45, 7) is 1.81. The van der Waals surface area contributed by atoms with E-state index in [1.807, 2.05) is 25.1 Å². The van der Waals surface area contributed by atoms with Gasteiger partial charge in [0.05, 0.1) is 11.8 Å². The van der Waals surface area contributed by atoms with E-state index < -0.39 is 9.53 Å². The summed E-state index contributed by atoms with van der Waals surface area (Å²) in [7, 11) is 0. The van der Waals surface area contributed by atoms with Crippen LogP contribution in [0.2, 0.25) is 10.0 Å². The fourth-order valence-electron chi connectivity index (χ4n) is 4.09. The first kappa shape index (κ1) is 22.7. The number of aryl methyl sites for hydroxylation is 1. The van der Waals surface area contributed by atoms with Crippen LogP contribution in [-0.4, -0.2) is 15.5 Å². The molecule has 0 spiro atoms. The molecular weight excluding hydrogens is 560 g/mol. The predicted octanol–water partition coefficient (Wildman–Crippen LogP) is 6.55. The molecule has 0 aromatic heterocycles. The molecule has 0 saturated carbocycles. The van der Waals surface area contributed by atoms with Crippen molar-refractivity contribution in [2.75, 3.05) is 0 Å². The molecule has 1 N–H and O–H groups in total. The van der Waals surface area contributed by atoms with Crippen LogP contribution in [0.3, 0.4) is 0 Å². The van der Waals surface area contributed by atoms with Crippen molar-refractivity contribution >= 4 is 57.4 Å². The Morgan fingerprint density at radius 3 is 2.65 bits per heavy atom. The third-order valence-corrected chi connectivity index (χ3v) is 7.03. The van der Waals surface area contributed by atoms with Crippen LogP contribution in [0.1, 0.15) is 54.5 Å². The van der Waals surface area contributed by atoms with Gasteiger partial charge in [0.1, 0.15) is 0 Å². The summed E-state index contributed by atoms with van der Waals surface area (Å²) in [6.07, 6.45) is 1.90. The standard InChI is InChI=1S/C22H19Cl2F2IN2O2/c1-2-20(30)28-18-6-4-12-7-13(3-5-17(12)18)19-11-21(31-29-19,22(25,26)27)14-8-15(23)10-16(24)9-14/h3,5,7-10,18H,2,4,6,11H2,1H3,(H,28,30). The van der Waals surface area contributed by atoms with Gasteiger partial charge in [0.25, 0.3) is 0 Å². The average Bonchev–Trinajstić information content (AvgIpc) is 3.32. The fourth-order valence-corrected chi connectivity index (χ4v) is 5.22. The predicted molar refractivity (Wildman–Crippen MR) is 125 cm³/mol. The van der Waals surface area contributed by atoms with Crippen molar-refractivity contribution in [1.82, 2.24) is 5.32 Å². The van der Waals surface area contributed by atoms with Crippen molar-refractivity contribution < 1.29 is 18.4 Å². The van der Waals surface area contributed by atoms with Crippen LogP contribution in [0, 0.1) is 0 Å². The largest absolute Gasteiger partial charge is 0.376 e. The number of nitrogens with zero attached hydrogens (tertiary/aromatic N) is 1. The van der Waals surface area contributed by atoms with Crippen molar-refractivity contribution in [3.05, 3.63) is 68.7 Å². The number of fused-ring (bicyclic) bond motifs is 1. The molecule has 1 aliphatic carbocycles. The molecule has 0 saturated heterocycles. The zero-order valence-electron chi connectivity index (χ0n) is 16.5. The molecule has 0 radical (unpaired) electrons. The van der Waals surface area contributed by atoms with Crippen LogP contribution in [0.4, 0.5) is 8.78 Å². The van der Waals surface area contributed by atoms with Gasteiger partial charge in [0.2, 0.25) is 11.5 Å². The third-order valence-electron chi connectivity index (χ3n) is 5.73. The SMILES string of the molecule is CCC(=O)NC1CCc2cc(C3=NOC(c4cc(Cl)cc(Cl)c4)(C(F)(F)I)C3)ccc21. The van der Waals surface area contributed by atoms with Crippen LogP contribution in [0.15, 0.2) is 41.6 Å². The molecule has 1 amide bonds. The van der Waals surface area contributed by atoms with Crippen molar-refractivity contribution in [2.24, 2.45) is 5.16 Å². The topological polar surface area (TPSA) is 50.7 Å². The first-order valence-electron chi connectivity index (χ1n) is 9.84. The number of hydrogen-bond acceptors (Lipinski definition) is 3. The molecule has 0 fully saturated rings. The molecule has 4 nitrogen and oxygen atoms in total. The Labute approximate surface area is 202 Å². The van der Waals surface area contributed by atoms with Gasteiger partial charge in [-0.2, -0.15) is 8.78 Å². The molecule has 9 heteroatoms. The summed E-state index contributed by atoms with van der Waals surface area (Å²) in [5, 5.41) is 7.56. The maximum atomic E-state index is 14.8. The zero-order valence-corrected chi connectivity index (χ0v) is 20.2. The lowest BCUT2D eigenvalue weighted by Gasteiger charge is -2.31. The Hall–Kier alpha value is -1.45. The van der Waals surface area contributed by atoms with Gasteiger partial charge in [0.15, 0.2) is 0 Å². The summed E-state index contributed by atoms with van der Waals surface area (Å²) in [5.41, 5.74) is 1.44. The quantitative estimate of drug-likeness (QED) is 0.323. The Balaban J connectivity index is 1.63. The highest BCUT2D eigenvalue weighted by atomic mass is 127. The van der Waals surface area contributed by atoms with E-state index in [-0.39, 0.29) is 34.0 Å². The Bertz CT molecular complexity index is 1050. The minimum atomic E-state index is -3.27. The smallest absolute Gasteiger partial charge is 0.342 e. The number of carbonyl (C=O) groups is 1. The summed E-state index contributed by atoms with van der Waals surface area (Å²) < 4.78 is 26.3. The van der Waals surface area contributed by atoms with Crippen LogP contribution < -0.4 is 5.32 Å². The molecule has 0 bridgehead atoms. The summed E-state index contributed by atoms with van der Waals surface area (Å²) >= 11 is 13.2. The number of hydrogen-bond donors (Lipinski definition) is 1. The van der Waals surface area contributed by atoms with Crippen LogP contribution >= 0.6 is 45.8 Å². The molecule has 2 aliphatic rings. The average molecular weight is 579 g/mol. The van der Waals surface area contributed by atoms with Gasteiger partial charge in [-0.15, -0.1) is 0 Å². The molecule has 1 aliphatic heterocycles. The third kappa shape index (κ3) is 4.28. The fraction of sp³-hybridized carbons (Fsp3) is 0.364. The molecule has 2 unspecified atom stereocenters. The molecule has 2 aromatic rings. The van der Waals surface area contributed by atoms with E-state index >= 15 is 0 Å². The van der Waals surface area contributed by atoms with Crippen LogP contribution in [0.25, 0.3) is 0 Å². The summed E-state index contributed by atoms with van der Waals surface area (Å²) in [4.78, 5) is 17.2. The number of alkyl halides is 3. The van der Waals surface area contributed by atoms with Gasteiger partial charge in [-0.25, -0.2) is 0 Å². The molecule has 31 heavy (non-hydrogen) atoms. The second kappa shape index (κ2) is 8.48. The van der Waals surface area contributed by atoms with E-state index in [0.29, 0.717) is 12.1 Å². The van der Waals surface area contributed by atoms with Gasteiger partial charge in [-0.1, -0.05) is 47.4 Å². The van der Waals surface area contributed by atoms with E-state index in [1.54, 1.807) is 0 Å². The lowest BCUT2D eigenvalue weighted by molar-refractivity contribution is -0.140. The number of amides is 1. The molecule has 2 atom stereocenters. The number of benzene rings is 2. The molecule has 4 rings (SSSR count). The molecule has 1 heterocycles. The number of rotatable bonds is 5. The van der Waals surface area contributed by atoms with Gasteiger partial charge in [-0.3, -0.25) is 4.79 Å². The maximum absolute atomic E-state index is 14.8. The minimum Gasteiger partial charge on any atom is -0.376 e. The van der Waals surface area contributed by atoms with E-state index in [0.717, 1.165) is 52.1 Å². The van der Waals surface area contributed by atoms with Crippen LogP contribution in [-0.2, 0) is 21.7 Å². The normalized spacial score (nSPS) is 22.6. The van der Waals surface area contributed by atoms with Crippen molar-refractivity contribution in [2.45, 2.75) is 48.2 Å². The minimum absolute atomic E-state index is 0.00439. The highest BCUT2D eigenvalue weighted by Crippen LogP contribution is 2.52. The lowest BCUT2D eigenvalue weighted by atomic mass is 9.87. The zero-order chi connectivity index (χ0) is 22.4. The number of oxime groups is 1. The van der Waals surface area contributed by atoms with Crippen molar-refractivity contribution in [3.8, 4) is 0 Å². The lowest BCUT2D eigenvalue weighted by Crippen LogP contribution is -2.41. The van der Waals surface area contributed by atoms with E-state index in [2.05, 4.69) is 10.5 Å². The summed E-state index contributed by atoms with van der Waals surface area (Å²) in [6, 6.07) is 10.0. The number of carbonyl (C=O) groups excluding carboxylic acids is 1. The number of nitrogens with one attached hydrogen (secondary N) is 1. The Kier molecular flexibility index (Phi) is 6.22. The van der Waals surface area contributed by atoms with Gasteiger partial charge >= 0.3 is 3.93 Å². The first-order valence-corrected chi connectivity index (χ1v) is 11.7. The second-order valence-corrected chi connectivity index (χ2v) is 9.94. The first-order chi connectivity index (χ1) is 14.6. The Morgan fingerprint density at radius 1 is 1.29 bits per heavy atom. The van der Waals surface area contributed by atoms with E-state index in [1.165, 1.54) is 18.2 Å². The monoisotopic (exact) mass is 578 g/mol. The molecule has 2 aromatic carbocycles. The van der Waals surface area contributed by atoms with Gasteiger partial charge in [-0.05, 0) is 53.8 Å². The van der Waals surface area contributed by atoms with E-state index in [4.69, 9.17) is 28.0 Å². The van der Waals surface area contributed by atoms with Crippen molar-refractivity contribution in [1.29, 1.82) is 0 Å². The van der Waals surface area contributed by atoms with Crippen LogP contribution in [0.5, 0.6) is 0 Å². The molecule has 164 valence electrons. The highest BCUT2D eigenvalue weighted by molar-refractivity contribution is 14.1. The van der Waals surface area contributed by atoms with Gasteiger partial charge < -0.3 is 10.2 Å². The Morgan fingerprint density at radius 2 is 2.00 bits per heavy atom. The maximum Gasteiger partial charge on any atom is 0.342 e. The van der Waals surface area contributed by atoms with E-state index in [9.17, 15) is 13.6 Å².